The van der Waals surface area contributed by atoms with Crippen LogP contribution in [0.5, 0.6) is 0 Å². The smallest absolute Gasteiger partial charge is 0.234 e. The van der Waals surface area contributed by atoms with Gasteiger partial charge in [-0.25, -0.2) is 0 Å². The number of carbonyl (C=O) groups excluding carboxylic acids is 1. The number of piperidine rings is 1. The van der Waals surface area contributed by atoms with Gasteiger partial charge in [-0.3, -0.25) is 4.79 Å². The molecule has 0 aromatic heterocycles. The van der Waals surface area contributed by atoms with Gasteiger partial charge in [0.1, 0.15) is 0 Å². The van der Waals surface area contributed by atoms with E-state index < -0.39 is 0 Å². The van der Waals surface area contributed by atoms with Gasteiger partial charge in [-0.1, -0.05) is 13.8 Å². The minimum atomic E-state index is 0.131. The molecule has 1 amide bonds. The van der Waals surface area contributed by atoms with E-state index in [1.807, 2.05) is 6.92 Å². The van der Waals surface area contributed by atoms with Crippen LogP contribution in [0.25, 0.3) is 0 Å². The predicted octanol–water partition coefficient (Wildman–Crippen LogP) is 0.196. The molecule has 0 radical (unpaired) electrons. The van der Waals surface area contributed by atoms with Crippen LogP contribution >= 0.6 is 0 Å². The maximum absolute atomic E-state index is 11.4. The molecule has 0 atom stereocenters. The molecule has 1 saturated heterocycles. The third kappa shape index (κ3) is 4.62. The first-order valence-electron chi connectivity index (χ1n) is 5.98. The van der Waals surface area contributed by atoms with Crippen molar-refractivity contribution < 1.29 is 4.79 Å². The summed E-state index contributed by atoms with van der Waals surface area (Å²) in [6.07, 6.45) is 2.18. The number of likely N-dealkylation sites (N-methyl/N-ethyl adjacent to an activating group) is 1. The molecule has 4 nitrogen and oxygen atoms in total. The number of nitrogens with zero attached hydrogens (tertiary/aromatic N) is 1. The second-order valence-electron chi connectivity index (χ2n) is 4.06. The average molecular weight is 213 g/mol. The molecular formula is C11H23N3O. The fraction of sp³-hybridized carbons (Fsp3) is 0.909. The number of likely N-dealkylation sites (tertiary alicyclic amines) is 1. The molecule has 4 heteroatoms. The Morgan fingerprint density at radius 1 is 1.33 bits per heavy atom. The molecule has 15 heavy (non-hydrogen) atoms. The molecule has 1 aliphatic rings. The maximum atomic E-state index is 11.4. The molecule has 0 aromatic carbocycles. The van der Waals surface area contributed by atoms with Crippen LogP contribution in [-0.2, 0) is 4.79 Å². The molecule has 2 N–H and O–H groups in total. The number of hydrogen-bond acceptors (Lipinski definition) is 3. The average Bonchev–Trinajstić information content (AvgIpc) is 2.27. The number of carbonyl (C=O) groups is 1. The Bertz CT molecular complexity index is 188. The Hall–Kier alpha value is -0.610. The van der Waals surface area contributed by atoms with Crippen molar-refractivity contribution in [3.8, 4) is 0 Å². The molecule has 1 aliphatic heterocycles. The van der Waals surface area contributed by atoms with Gasteiger partial charge in [0.2, 0.25) is 5.91 Å². The number of nitrogens with one attached hydrogen (secondary N) is 2. The van der Waals surface area contributed by atoms with Crippen molar-refractivity contribution in [1.82, 2.24) is 15.5 Å². The fourth-order valence-electron chi connectivity index (χ4n) is 1.91. The fourth-order valence-corrected chi connectivity index (χ4v) is 1.91. The lowest BCUT2D eigenvalue weighted by atomic mass is 10.1. The van der Waals surface area contributed by atoms with Crippen molar-refractivity contribution in [3.05, 3.63) is 0 Å². The van der Waals surface area contributed by atoms with E-state index in [1.54, 1.807) is 0 Å². The third-order valence-electron chi connectivity index (χ3n) is 2.94. The van der Waals surface area contributed by atoms with E-state index in [0.29, 0.717) is 12.6 Å². The van der Waals surface area contributed by atoms with Crippen LogP contribution in [0.2, 0.25) is 0 Å². The zero-order valence-electron chi connectivity index (χ0n) is 9.88. The lowest BCUT2D eigenvalue weighted by Gasteiger charge is -2.31. The zero-order valence-corrected chi connectivity index (χ0v) is 9.88. The van der Waals surface area contributed by atoms with E-state index >= 15 is 0 Å². The molecule has 0 bridgehead atoms. The van der Waals surface area contributed by atoms with Crippen molar-refractivity contribution in [1.29, 1.82) is 0 Å². The summed E-state index contributed by atoms with van der Waals surface area (Å²) in [4.78, 5) is 13.9. The van der Waals surface area contributed by atoms with Crippen LogP contribution in [0.15, 0.2) is 0 Å². The van der Waals surface area contributed by atoms with Crippen molar-refractivity contribution in [2.24, 2.45) is 0 Å². The van der Waals surface area contributed by atoms with Gasteiger partial charge in [-0.15, -0.1) is 0 Å². The third-order valence-corrected chi connectivity index (χ3v) is 2.94. The highest BCUT2D eigenvalue weighted by molar-refractivity contribution is 5.78. The van der Waals surface area contributed by atoms with Crippen LogP contribution in [0.3, 0.4) is 0 Å². The molecule has 0 spiro atoms. The van der Waals surface area contributed by atoms with Crippen molar-refractivity contribution in [3.63, 3.8) is 0 Å². The highest BCUT2D eigenvalue weighted by Gasteiger charge is 2.18. The molecule has 0 unspecified atom stereocenters. The van der Waals surface area contributed by atoms with Gasteiger partial charge >= 0.3 is 0 Å². The van der Waals surface area contributed by atoms with Gasteiger partial charge in [-0.2, -0.15) is 0 Å². The first-order chi connectivity index (χ1) is 7.26. The normalized spacial score (nSPS) is 19.1. The second kappa shape index (κ2) is 6.80. The Morgan fingerprint density at radius 3 is 2.53 bits per heavy atom. The maximum Gasteiger partial charge on any atom is 0.234 e. The summed E-state index contributed by atoms with van der Waals surface area (Å²) in [7, 11) is 0. The van der Waals surface area contributed by atoms with Crippen molar-refractivity contribution >= 4 is 5.91 Å². The SMILES string of the molecule is CCNCC(=O)NC1CCN(CC)CC1. The number of rotatable bonds is 5. The van der Waals surface area contributed by atoms with Gasteiger partial charge in [-0.05, 0) is 25.9 Å². The Labute approximate surface area is 92.4 Å². The monoisotopic (exact) mass is 213 g/mol. The molecule has 88 valence electrons. The van der Waals surface area contributed by atoms with Gasteiger partial charge < -0.3 is 15.5 Å². The van der Waals surface area contributed by atoms with Crippen LogP contribution in [0.4, 0.5) is 0 Å². The van der Waals surface area contributed by atoms with Gasteiger partial charge in [0.25, 0.3) is 0 Å². The molecule has 0 saturated carbocycles. The minimum Gasteiger partial charge on any atom is -0.352 e. The topological polar surface area (TPSA) is 44.4 Å². The summed E-state index contributed by atoms with van der Waals surface area (Å²) in [6.45, 7) is 8.84. The van der Waals surface area contributed by atoms with Crippen molar-refractivity contribution in [2.45, 2.75) is 32.7 Å². The van der Waals surface area contributed by atoms with Gasteiger partial charge in [0.15, 0.2) is 0 Å². The van der Waals surface area contributed by atoms with Crippen LogP contribution in [0, 0.1) is 0 Å². The molecule has 1 heterocycles. The predicted molar refractivity (Wildman–Crippen MR) is 61.8 cm³/mol. The van der Waals surface area contributed by atoms with E-state index in [1.165, 1.54) is 0 Å². The first kappa shape index (κ1) is 12.5. The second-order valence-corrected chi connectivity index (χ2v) is 4.06. The number of amides is 1. The summed E-state index contributed by atoms with van der Waals surface area (Å²) in [5.41, 5.74) is 0. The summed E-state index contributed by atoms with van der Waals surface area (Å²) >= 11 is 0. The standard InChI is InChI=1S/C11H23N3O/c1-3-12-9-11(15)13-10-5-7-14(4-2)8-6-10/h10,12H,3-9H2,1-2H3,(H,13,15). The van der Waals surface area contributed by atoms with E-state index in [9.17, 15) is 4.79 Å². The van der Waals surface area contributed by atoms with E-state index in [-0.39, 0.29) is 5.91 Å². The minimum absolute atomic E-state index is 0.131. The zero-order chi connectivity index (χ0) is 11.1. The quantitative estimate of drug-likeness (QED) is 0.685. The van der Waals surface area contributed by atoms with E-state index in [4.69, 9.17) is 0 Å². The van der Waals surface area contributed by atoms with Gasteiger partial charge in [0.05, 0.1) is 6.54 Å². The van der Waals surface area contributed by atoms with Gasteiger partial charge in [0, 0.05) is 19.1 Å². The van der Waals surface area contributed by atoms with Crippen molar-refractivity contribution in [2.75, 3.05) is 32.7 Å². The molecular weight excluding hydrogens is 190 g/mol. The molecule has 1 rings (SSSR count). The van der Waals surface area contributed by atoms with Crippen LogP contribution in [0.1, 0.15) is 26.7 Å². The molecule has 0 aliphatic carbocycles. The number of hydrogen-bond donors (Lipinski definition) is 2. The lowest BCUT2D eigenvalue weighted by molar-refractivity contribution is -0.121. The van der Waals surface area contributed by atoms with Crippen LogP contribution < -0.4 is 10.6 Å². The summed E-state index contributed by atoms with van der Waals surface area (Å²) in [5, 5.41) is 6.11. The summed E-state index contributed by atoms with van der Waals surface area (Å²) in [6, 6.07) is 0.388. The Balaban J connectivity index is 2.15. The molecule has 1 fully saturated rings. The Kier molecular flexibility index (Phi) is 5.65. The van der Waals surface area contributed by atoms with E-state index in [2.05, 4.69) is 22.5 Å². The Morgan fingerprint density at radius 2 is 2.00 bits per heavy atom. The largest absolute Gasteiger partial charge is 0.352 e. The first-order valence-corrected chi connectivity index (χ1v) is 5.98. The molecule has 0 aromatic rings. The lowest BCUT2D eigenvalue weighted by Crippen LogP contribution is -2.46. The highest BCUT2D eigenvalue weighted by Crippen LogP contribution is 2.09. The highest BCUT2D eigenvalue weighted by atomic mass is 16.1. The summed E-state index contributed by atoms with van der Waals surface area (Å²) in [5.74, 6) is 0.131. The van der Waals surface area contributed by atoms with E-state index in [0.717, 1.165) is 39.0 Å². The summed E-state index contributed by atoms with van der Waals surface area (Å²) < 4.78 is 0. The van der Waals surface area contributed by atoms with Crippen LogP contribution in [-0.4, -0.2) is 49.6 Å².